The average molecular weight is 458 g/mol. The van der Waals surface area contributed by atoms with E-state index in [-0.39, 0.29) is 54.8 Å². The van der Waals surface area contributed by atoms with Crippen molar-refractivity contribution in [2.24, 2.45) is 11.8 Å². The number of alkyl halides is 2. The zero-order chi connectivity index (χ0) is 23.6. The zero-order valence-electron chi connectivity index (χ0n) is 19.6. The topological polar surface area (TPSA) is 79.0 Å². The van der Waals surface area contributed by atoms with E-state index in [0.717, 1.165) is 0 Å². The Morgan fingerprint density at radius 2 is 1.44 bits per heavy atom. The summed E-state index contributed by atoms with van der Waals surface area (Å²) in [7, 11) is 1.56. The highest BCUT2D eigenvalue weighted by molar-refractivity contribution is 5.82. The summed E-state index contributed by atoms with van der Waals surface area (Å²) in [6.45, 7) is 5.77. The lowest BCUT2D eigenvalue weighted by Crippen LogP contribution is -2.63. The van der Waals surface area contributed by atoms with Crippen molar-refractivity contribution < 1.29 is 27.9 Å². The van der Waals surface area contributed by atoms with Gasteiger partial charge in [-0.2, -0.15) is 0 Å². The molecule has 0 spiro atoms. The molecule has 182 valence electrons. The highest BCUT2D eigenvalue weighted by atomic mass is 19.1. The van der Waals surface area contributed by atoms with Gasteiger partial charge in [-0.05, 0) is 46.0 Å². The summed E-state index contributed by atoms with van der Waals surface area (Å²) >= 11 is 0. The SMILES string of the molecule is COC1CCC(C(=O)N2C[C@@H](C)N(C(=O)C3CCC(NC(C)=O)CC3F)[C@H](C)C2)C(F)C1. The lowest BCUT2D eigenvalue weighted by atomic mass is 9.82. The van der Waals surface area contributed by atoms with Crippen LogP contribution >= 0.6 is 0 Å². The zero-order valence-corrected chi connectivity index (χ0v) is 19.6. The normalized spacial score (nSPS) is 38.3. The van der Waals surface area contributed by atoms with Crippen LogP contribution in [-0.2, 0) is 19.1 Å². The molecule has 0 radical (unpaired) electrons. The summed E-state index contributed by atoms with van der Waals surface area (Å²) in [5, 5.41) is 2.74. The van der Waals surface area contributed by atoms with Gasteiger partial charge < -0.3 is 19.9 Å². The first-order valence-corrected chi connectivity index (χ1v) is 11.8. The molecule has 6 unspecified atom stereocenters. The number of carbonyl (C=O) groups excluding carboxylic acids is 3. The minimum absolute atomic E-state index is 0.138. The van der Waals surface area contributed by atoms with Gasteiger partial charge in [-0.15, -0.1) is 0 Å². The summed E-state index contributed by atoms with van der Waals surface area (Å²) in [5.41, 5.74) is 0. The number of amides is 3. The van der Waals surface area contributed by atoms with E-state index in [1.165, 1.54) is 6.92 Å². The van der Waals surface area contributed by atoms with Gasteiger partial charge in [0.15, 0.2) is 0 Å². The minimum atomic E-state index is -1.31. The molecule has 2 saturated carbocycles. The highest BCUT2D eigenvalue weighted by Crippen LogP contribution is 2.33. The molecule has 0 aromatic carbocycles. The van der Waals surface area contributed by atoms with Crippen molar-refractivity contribution in [2.45, 2.75) is 95.9 Å². The Balaban J connectivity index is 1.59. The number of nitrogens with one attached hydrogen (secondary N) is 1. The van der Waals surface area contributed by atoms with Crippen LogP contribution in [0.2, 0.25) is 0 Å². The second-order valence-electron chi connectivity index (χ2n) is 9.81. The highest BCUT2D eigenvalue weighted by Gasteiger charge is 2.44. The van der Waals surface area contributed by atoms with Crippen LogP contribution < -0.4 is 5.32 Å². The Labute approximate surface area is 189 Å². The number of hydrogen-bond donors (Lipinski definition) is 1. The third-order valence-corrected chi connectivity index (χ3v) is 7.36. The van der Waals surface area contributed by atoms with Crippen molar-refractivity contribution in [3.05, 3.63) is 0 Å². The first kappa shape index (κ1) is 24.9. The molecule has 0 bridgehead atoms. The molecule has 3 amide bonds. The molecule has 1 aliphatic heterocycles. The van der Waals surface area contributed by atoms with Crippen molar-refractivity contribution in [1.82, 2.24) is 15.1 Å². The van der Waals surface area contributed by atoms with Crippen molar-refractivity contribution in [2.75, 3.05) is 20.2 Å². The molecule has 3 aliphatic rings. The van der Waals surface area contributed by atoms with Crippen molar-refractivity contribution in [3.8, 4) is 0 Å². The molecule has 3 fully saturated rings. The van der Waals surface area contributed by atoms with Crippen LogP contribution in [0, 0.1) is 11.8 Å². The Morgan fingerprint density at radius 1 is 0.875 bits per heavy atom. The van der Waals surface area contributed by atoms with Crippen LogP contribution in [-0.4, -0.2) is 84.3 Å². The second kappa shape index (κ2) is 10.4. The van der Waals surface area contributed by atoms with E-state index in [2.05, 4.69) is 5.32 Å². The maximum Gasteiger partial charge on any atom is 0.229 e. The molecule has 1 N–H and O–H groups in total. The quantitative estimate of drug-likeness (QED) is 0.702. The second-order valence-corrected chi connectivity index (χ2v) is 9.81. The van der Waals surface area contributed by atoms with E-state index in [0.29, 0.717) is 38.8 Å². The van der Waals surface area contributed by atoms with Gasteiger partial charge in [0.1, 0.15) is 12.3 Å². The van der Waals surface area contributed by atoms with Gasteiger partial charge >= 0.3 is 0 Å². The molecule has 1 heterocycles. The predicted octanol–water partition coefficient (Wildman–Crippen LogP) is 2.23. The number of carbonyl (C=O) groups is 3. The minimum Gasteiger partial charge on any atom is -0.381 e. The van der Waals surface area contributed by atoms with E-state index < -0.39 is 24.2 Å². The van der Waals surface area contributed by atoms with Crippen LogP contribution in [0.3, 0.4) is 0 Å². The number of methoxy groups -OCH3 is 1. The lowest BCUT2D eigenvalue weighted by Gasteiger charge is -2.47. The Hall–Kier alpha value is -1.77. The molecule has 0 aromatic heterocycles. The molecule has 2 aliphatic carbocycles. The fourth-order valence-corrected chi connectivity index (χ4v) is 5.75. The molecule has 1 saturated heterocycles. The first-order valence-electron chi connectivity index (χ1n) is 11.8. The molecule has 0 aromatic rings. The van der Waals surface area contributed by atoms with Crippen LogP contribution in [0.25, 0.3) is 0 Å². The predicted molar refractivity (Wildman–Crippen MR) is 115 cm³/mol. The third-order valence-electron chi connectivity index (χ3n) is 7.36. The van der Waals surface area contributed by atoms with Gasteiger partial charge in [0.2, 0.25) is 17.7 Å². The number of hydrogen-bond acceptors (Lipinski definition) is 4. The van der Waals surface area contributed by atoms with Crippen LogP contribution in [0.4, 0.5) is 8.78 Å². The Kier molecular flexibility index (Phi) is 8.11. The molecule has 3 rings (SSSR count). The number of halogens is 2. The Morgan fingerprint density at radius 3 is 1.97 bits per heavy atom. The number of piperazine rings is 1. The lowest BCUT2D eigenvalue weighted by molar-refractivity contribution is -0.155. The van der Waals surface area contributed by atoms with Gasteiger partial charge in [-0.3, -0.25) is 14.4 Å². The van der Waals surface area contributed by atoms with E-state index in [9.17, 15) is 23.2 Å². The molecular weight excluding hydrogens is 420 g/mol. The average Bonchev–Trinajstić information content (AvgIpc) is 2.72. The smallest absolute Gasteiger partial charge is 0.229 e. The van der Waals surface area contributed by atoms with E-state index in [1.807, 2.05) is 13.8 Å². The fraction of sp³-hybridized carbons (Fsp3) is 0.870. The van der Waals surface area contributed by atoms with Gasteiger partial charge in [0, 0.05) is 51.7 Å². The molecule has 8 atom stereocenters. The fourth-order valence-electron chi connectivity index (χ4n) is 5.75. The summed E-state index contributed by atoms with van der Waals surface area (Å²) in [6, 6.07) is -0.787. The largest absolute Gasteiger partial charge is 0.381 e. The summed E-state index contributed by atoms with van der Waals surface area (Å²) in [4.78, 5) is 40.9. The molecule has 7 nitrogen and oxygen atoms in total. The van der Waals surface area contributed by atoms with Crippen molar-refractivity contribution in [1.29, 1.82) is 0 Å². The maximum absolute atomic E-state index is 14.8. The van der Waals surface area contributed by atoms with Gasteiger partial charge in [0.05, 0.1) is 17.9 Å². The third kappa shape index (κ3) is 5.41. The van der Waals surface area contributed by atoms with Crippen molar-refractivity contribution in [3.63, 3.8) is 0 Å². The molecular formula is C23H37F2N3O4. The van der Waals surface area contributed by atoms with E-state index >= 15 is 0 Å². The maximum atomic E-state index is 14.8. The number of ether oxygens (including phenoxy) is 1. The summed E-state index contributed by atoms with van der Waals surface area (Å²) in [6.07, 6.45) is -0.231. The van der Waals surface area contributed by atoms with E-state index in [1.54, 1.807) is 16.9 Å². The molecule has 9 heteroatoms. The summed E-state index contributed by atoms with van der Waals surface area (Å²) < 4.78 is 34.7. The number of rotatable bonds is 4. The number of nitrogens with zero attached hydrogens (tertiary/aromatic N) is 2. The van der Waals surface area contributed by atoms with Crippen LogP contribution in [0.5, 0.6) is 0 Å². The summed E-state index contributed by atoms with van der Waals surface area (Å²) in [5.74, 6) is -2.01. The van der Waals surface area contributed by atoms with Gasteiger partial charge in [-0.1, -0.05) is 0 Å². The van der Waals surface area contributed by atoms with Crippen LogP contribution in [0.1, 0.15) is 59.3 Å². The van der Waals surface area contributed by atoms with Gasteiger partial charge in [-0.25, -0.2) is 8.78 Å². The monoisotopic (exact) mass is 457 g/mol. The standard InChI is InChI=1S/C23H37F2N3O4/c1-13-11-27(22(30)18-8-6-17(32-4)10-21(18)25)12-14(2)28(13)23(31)19-7-5-16(9-20(19)24)26-15(3)29/h13-14,16-21H,5-12H2,1-4H3,(H,26,29)/t13-,14-,16?,17?,18?,19?,20?,21?/m1/s1. The molecule has 32 heavy (non-hydrogen) atoms. The van der Waals surface area contributed by atoms with Crippen LogP contribution in [0.15, 0.2) is 0 Å². The van der Waals surface area contributed by atoms with Crippen molar-refractivity contribution >= 4 is 17.7 Å². The Bertz CT molecular complexity index is 697. The van der Waals surface area contributed by atoms with E-state index in [4.69, 9.17) is 4.74 Å². The van der Waals surface area contributed by atoms with Gasteiger partial charge in [0.25, 0.3) is 0 Å². The first-order chi connectivity index (χ1) is 15.1.